The van der Waals surface area contributed by atoms with Crippen molar-refractivity contribution in [2.75, 3.05) is 26.2 Å². The molecular weight excluding hydrogens is 429 g/mol. The van der Waals surface area contributed by atoms with Gasteiger partial charge in [0.25, 0.3) is 0 Å². The average Bonchev–Trinajstić information content (AvgIpc) is 2.78. The van der Waals surface area contributed by atoms with Crippen molar-refractivity contribution in [1.29, 1.82) is 0 Å². The summed E-state index contributed by atoms with van der Waals surface area (Å²) in [4.78, 5) is 14.3. The molecule has 5 nitrogen and oxygen atoms in total. The Balaban J connectivity index is 1.41. The Kier molecular flexibility index (Phi) is 6.00. The first-order valence-electron chi connectivity index (χ1n) is 10.5. The first kappa shape index (κ1) is 22.1. The minimum Gasteiger partial charge on any atom is -0.342 e. The van der Waals surface area contributed by atoms with Crippen LogP contribution in [0.25, 0.3) is 10.8 Å². The standard InChI is InChI=1S/C22H25F3N2O3S/c23-22(24,25)19-6-3-11-26(15-19)21(28)17-9-12-27(13-10-17)31(29,30)20-8-7-16-4-1-2-5-18(16)14-20/h1-2,4-5,7-8,14,17,19H,3,6,9-13,15H2/t19-/m0/s1. The number of benzene rings is 2. The molecule has 0 spiro atoms. The van der Waals surface area contributed by atoms with Crippen molar-refractivity contribution in [2.24, 2.45) is 11.8 Å². The number of hydrogen-bond acceptors (Lipinski definition) is 3. The van der Waals surface area contributed by atoms with E-state index in [1.807, 2.05) is 24.3 Å². The fourth-order valence-electron chi connectivity index (χ4n) is 4.52. The van der Waals surface area contributed by atoms with Crippen molar-refractivity contribution >= 4 is 26.7 Å². The van der Waals surface area contributed by atoms with Gasteiger partial charge in [-0.3, -0.25) is 4.79 Å². The molecule has 2 saturated heterocycles. The summed E-state index contributed by atoms with van der Waals surface area (Å²) in [6, 6.07) is 12.5. The van der Waals surface area contributed by atoms with Crippen LogP contribution in [0.3, 0.4) is 0 Å². The van der Waals surface area contributed by atoms with Crippen LogP contribution in [0, 0.1) is 11.8 Å². The highest BCUT2D eigenvalue weighted by Gasteiger charge is 2.44. The van der Waals surface area contributed by atoms with Crippen molar-refractivity contribution in [1.82, 2.24) is 9.21 Å². The van der Waals surface area contributed by atoms with Crippen molar-refractivity contribution < 1.29 is 26.4 Å². The number of piperidine rings is 2. The average molecular weight is 455 g/mol. The molecule has 0 N–H and O–H groups in total. The first-order chi connectivity index (χ1) is 14.7. The van der Waals surface area contributed by atoms with Crippen LogP contribution in [0.15, 0.2) is 47.4 Å². The molecule has 0 bridgehead atoms. The summed E-state index contributed by atoms with van der Waals surface area (Å²) in [5.74, 6) is -2.19. The molecule has 9 heteroatoms. The number of hydrogen-bond donors (Lipinski definition) is 0. The molecule has 2 aromatic rings. The molecule has 0 aromatic heterocycles. The quantitative estimate of drug-likeness (QED) is 0.703. The maximum atomic E-state index is 13.1. The van der Waals surface area contributed by atoms with Crippen LogP contribution >= 0.6 is 0 Å². The van der Waals surface area contributed by atoms with Gasteiger partial charge in [0.1, 0.15) is 0 Å². The number of likely N-dealkylation sites (tertiary alicyclic amines) is 1. The Morgan fingerprint density at radius 2 is 1.61 bits per heavy atom. The normalized spacial score (nSPS) is 22.0. The number of halogens is 3. The third-order valence-corrected chi connectivity index (χ3v) is 8.25. The molecule has 4 rings (SSSR count). The minimum absolute atomic E-state index is 0.0513. The van der Waals surface area contributed by atoms with Crippen molar-refractivity contribution in [2.45, 2.75) is 36.8 Å². The largest absolute Gasteiger partial charge is 0.393 e. The van der Waals surface area contributed by atoms with E-state index in [0.717, 1.165) is 10.8 Å². The number of rotatable bonds is 3. The number of nitrogens with zero attached hydrogens (tertiary/aromatic N) is 2. The van der Waals surface area contributed by atoms with E-state index in [1.54, 1.807) is 18.2 Å². The number of carbonyl (C=O) groups is 1. The topological polar surface area (TPSA) is 57.7 Å². The molecule has 2 fully saturated rings. The van der Waals surface area contributed by atoms with E-state index in [1.165, 1.54) is 9.21 Å². The van der Waals surface area contributed by atoms with Crippen molar-refractivity contribution in [3.8, 4) is 0 Å². The highest BCUT2D eigenvalue weighted by atomic mass is 32.2. The van der Waals surface area contributed by atoms with Gasteiger partial charge >= 0.3 is 6.18 Å². The van der Waals surface area contributed by atoms with Crippen LogP contribution in [0.1, 0.15) is 25.7 Å². The summed E-state index contributed by atoms with van der Waals surface area (Å²) >= 11 is 0. The van der Waals surface area contributed by atoms with Crippen LogP contribution < -0.4 is 0 Å². The van der Waals surface area contributed by atoms with E-state index in [9.17, 15) is 26.4 Å². The van der Waals surface area contributed by atoms with E-state index in [4.69, 9.17) is 0 Å². The van der Waals surface area contributed by atoms with Crippen LogP contribution in [-0.4, -0.2) is 55.9 Å². The summed E-state index contributed by atoms with van der Waals surface area (Å²) in [5.41, 5.74) is 0. The van der Waals surface area contributed by atoms with Gasteiger partial charge in [-0.2, -0.15) is 17.5 Å². The highest BCUT2D eigenvalue weighted by molar-refractivity contribution is 7.89. The summed E-state index contributed by atoms with van der Waals surface area (Å²) in [5, 5.41) is 1.78. The van der Waals surface area contributed by atoms with Gasteiger partial charge in [0.15, 0.2) is 0 Å². The van der Waals surface area contributed by atoms with E-state index < -0.39 is 28.0 Å². The van der Waals surface area contributed by atoms with Crippen LogP contribution in [-0.2, 0) is 14.8 Å². The van der Waals surface area contributed by atoms with Gasteiger partial charge in [-0.1, -0.05) is 30.3 Å². The summed E-state index contributed by atoms with van der Waals surface area (Å²) < 4.78 is 66.7. The highest BCUT2D eigenvalue weighted by Crippen LogP contribution is 2.34. The van der Waals surface area contributed by atoms with E-state index in [2.05, 4.69) is 0 Å². The first-order valence-corrected chi connectivity index (χ1v) is 11.9. The lowest BCUT2D eigenvalue weighted by Gasteiger charge is -2.38. The molecule has 168 valence electrons. The van der Waals surface area contributed by atoms with E-state index >= 15 is 0 Å². The Morgan fingerprint density at radius 3 is 2.29 bits per heavy atom. The van der Waals surface area contributed by atoms with E-state index in [-0.39, 0.29) is 36.9 Å². The Bertz CT molecular complexity index is 1060. The number of sulfonamides is 1. The summed E-state index contributed by atoms with van der Waals surface area (Å²) in [7, 11) is -3.70. The zero-order chi connectivity index (χ0) is 22.2. The van der Waals surface area contributed by atoms with Crippen molar-refractivity contribution in [3.63, 3.8) is 0 Å². The van der Waals surface area contributed by atoms with Crippen molar-refractivity contribution in [3.05, 3.63) is 42.5 Å². The Morgan fingerprint density at radius 1 is 0.935 bits per heavy atom. The molecule has 1 amide bonds. The Hall–Kier alpha value is -2.13. The number of alkyl halides is 3. The second-order valence-electron chi connectivity index (χ2n) is 8.35. The van der Waals surface area contributed by atoms with Crippen LogP contribution in [0.2, 0.25) is 0 Å². The second kappa shape index (κ2) is 8.43. The lowest BCUT2D eigenvalue weighted by Crippen LogP contribution is -2.49. The smallest absolute Gasteiger partial charge is 0.342 e. The fourth-order valence-corrected chi connectivity index (χ4v) is 6.03. The molecular formula is C22H25F3N2O3S. The third kappa shape index (κ3) is 4.57. The monoisotopic (exact) mass is 454 g/mol. The molecule has 2 aliphatic rings. The summed E-state index contributed by atoms with van der Waals surface area (Å²) in [6.45, 7) is 0.406. The maximum Gasteiger partial charge on any atom is 0.393 e. The predicted octanol–water partition coefficient (Wildman–Crippen LogP) is 4.04. The molecule has 2 aliphatic heterocycles. The van der Waals surface area contributed by atoms with Gasteiger partial charge in [0.2, 0.25) is 15.9 Å². The maximum absolute atomic E-state index is 13.1. The van der Waals surface area contributed by atoms with Gasteiger partial charge in [-0.25, -0.2) is 8.42 Å². The third-order valence-electron chi connectivity index (χ3n) is 6.36. The zero-order valence-electron chi connectivity index (χ0n) is 17.0. The van der Waals surface area contributed by atoms with Gasteiger partial charge in [0, 0.05) is 32.1 Å². The van der Waals surface area contributed by atoms with Gasteiger partial charge < -0.3 is 4.90 Å². The van der Waals surface area contributed by atoms with Crippen LogP contribution in [0.4, 0.5) is 13.2 Å². The van der Waals surface area contributed by atoms with E-state index in [0.29, 0.717) is 25.8 Å². The van der Waals surface area contributed by atoms with Gasteiger partial charge in [0.05, 0.1) is 10.8 Å². The lowest BCUT2D eigenvalue weighted by molar-refractivity contribution is -0.188. The lowest BCUT2D eigenvalue weighted by atomic mass is 9.92. The summed E-state index contributed by atoms with van der Waals surface area (Å²) in [6.07, 6.45) is -3.27. The number of fused-ring (bicyclic) bond motifs is 1. The fraction of sp³-hybridized carbons (Fsp3) is 0.500. The molecule has 1 atom stereocenters. The Labute approximate surface area is 179 Å². The number of amides is 1. The second-order valence-corrected chi connectivity index (χ2v) is 10.3. The predicted molar refractivity (Wildman–Crippen MR) is 111 cm³/mol. The van der Waals surface area contributed by atoms with Gasteiger partial charge in [-0.15, -0.1) is 0 Å². The van der Waals surface area contributed by atoms with Gasteiger partial charge in [-0.05, 0) is 48.6 Å². The SMILES string of the molecule is O=C(C1CCN(S(=O)(=O)c2ccc3ccccc3c2)CC1)N1CCC[C@H](C(F)(F)F)C1. The molecule has 2 heterocycles. The molecule has 2 aromatic carbocycles. The molecule has 0 unspecified atom stereocenters. The molecule has 0 radical (unpaired) electrons. The molecule has 31 heavy (non-hydrogen) atoms. The zero-order valence-corrected chi connectivity index (χ0v) is 17.8. The minimum atomic E-state index is -4.30. The number of carbonyl (C=O) groups excluding carboxylic acids is 1. The molecule has 0 saturated carbocycles. The van der Waals surface area contributed by atoms with Crippen LogP contribution in [0.5, 0.6) is 0 Å². The molecule has 0 aliphatic carbocycles.